The van der Waals surface area contributed by atoms with E-state index in [1.54, 1.807) is 7.05 Å². The summed E-state index contributed by atoms with van der Waals surface area (Å²) < 4.78 is 5.15. The molecule has 2 N–H and O–H groups in total. The van der Waals surface area contributed by atoms with Crippen molar-refractivity contribution in [3.63, 3.8) is 0 Å². The van der Waals surface area contributed by atoms with Crippen molar-refractivity contribution in [2.24, 2.45) is 0 Å². The number of nitrogens with one attached hydrogen (secondary N) is 2. The summed E-state index contributed by atoms with van der Waals surface area (Å²) in [6.07, 6.45) is 4.69. The maximum Gasteiger partial charge on any atom is 0.407 e. The van der Waals surface area contributed by atoms with Crippen LogP contribution in [0.5, 0.6) is 0 Å². The first-order valence-electron chi connectivity index (χ1n) is 7.73. The van der Waals surface area contributed by atoms with Gasteiger partial charge in [-0.2, -0.15) is 0 Å². The maximum absolute atomic E-state index is 11.5. The molecule has 0 aromatic heterocycles. The van der Waals surface area contributed by atoms with Gasteiger partial charge in [-0.25, -0.2) is 4.79 Å². The molecule has 2 amide bonds. The van der Waals surface area contributed by atoms with E-state index in [0.717, 1.165) is 17.5 Å². The zero-order valence-corrected chi connectivity index (χ0v) is 14.3. The van der Waals surface area contributed by atoms with E-state index in [1.807, 2.05) is 57.2 Å². The maximum atomic E-state index is 11.5. The third-order valence-electron chi connectivity index (χ3n) is 2.91. The topological polar surface area (TPSA) is 67.4 Å². The van der Waals surface area contributed by atoms with E-state index in [0.29, 0.717) is 13.0 Å². The van der Waals surface area contributed by atoms with Crippen LogP contribution < -0.4 is 10.6 Å². The Labute approximate surface area is 138 Å². The summed E-state index contributed by atoms with van der Waals surface area (Å²) in [7, 11) is 1.63. The molecule has 5 heteroatoms. The molecule has 1 rings (SSSR count). The molecule has 0 atom stereocenters. The highest BCUT2D eigenvalue weighted by atomic mass is 16.6. The average molecular weight is 318 g/mol. The number of amides is 2. The van der Waals surface area contributed by atoms with E-state index in [4.69, 9.17) is 4.74 Å². The van der Waals surface area contributed by atoms with Crippen LogP contribution in [0.4, 0.5) is 4.79 Å². The minimum absolute atomic E-state index is 0.00140. The minimum Gasteiger partial charge on any atom is -0.444 e. The fraction of sp³-hybridized carbons (Fsp3) is 0.444. The first kappa shape index (κ1) is 18.7. The molecular weight excluding hydrogens is 292 g/mol. The second kappa shape index (κ2) is 8.98. The first-order chi connectivity index (χ1) is 10.8. The van der Waals surface area contributed by atoms with Gasteiger partial charge in [0.1, 0.15) is 5.60 Å². The fourth-order valence-corrected chi connectivity index (χ4v) is 1.81. The number of rotatable bonds is 6. The van der Waals surface area contributed by atoms with E-state index in [1.165, 1.54) is 0 Å². The highest BCUT2D eigenvalue weighted by Gasteiger charge is 2.15. The molecular formula is C18H26N2O3. The van der Waals surface area contributed by atoms with Gasteiger partial charge in [-0.1, -0.05) is 36.4 Å². The molecule has 0 spiro atoms. The van der Waals surface area contributed by atoms with Crippen molar-refractivity contribution in [2.45, 2.75) is 39.2 Å². The molecule has 0 bridgehead atoms. The summed E-state index contributed by atoms with van der Waals surface area (Å²) in [5.74, 6) is 0.00140. The van der Waals surface area contributed by atoms with Gasteiger partial charge in [-0.05, 0) is 38.3 Å². The summed E-state index contributed by atoms with van der Waals surface area (Å²) in [6.45, 7) is 6.03. The molecule has 0 saturated carbocycles. The summed E-state index contributed by atoms with van der Waals surface area (Å²) in [6, 6.07) is 7.81. The molecule has 23 heavy (non-hydrogen) atoms. The third kappa shape index (κ3) is 8.66. The second-order valence-corrected chi connectivity index (χ2v) is 6.21. The molecule has 0 fully saturated rings. The third-order valence-corrected chi connectivity index (χ3v) is 2.91. The molecule has 0 aliphatic carbocycles. The van der Waals surface area contributed by atoms with Crippen LogP contribution in [0.1, 0.15) is 38.3 Å². The van der Waals surface area contributed by atoms with Crippen LogP contribution >= 0.6 is 0 Å². The summed E-state index contributed by atoms with van der Waals surface area (Å²) in [4.78, 5) is 22.7. The number of alkyl carbamates (subject to hydrolysis) is 1. The number of benzene rings is 1. The largest absolute Gasteiger partial charge is 0.444 e. The Balaban J connectivity index is 2.32. The lowest BCUT2D eigenvalue weighted by Crippen LogP contribution is -2.32. The van der Waals surface area contributed by atoms with Gasteiger partial charge in [0.05, 0.1) is 6.42 Å². The SMILES string of the molecule is CNC(=O)Cc1ccc(C=CCCNC(=O)OC(C)(C)C)cc1. The van der Waals surface area contributed by atoms with Crippen LogP contribution in [0.2, 0.25) is 0 Å². The van der Waals surface area contributed by atoms with Gasteiger partial charge in [-0.3, -0.25) is 4.79 Å². The number of likely N-dealkylation sites (N-methyl/N-ethyl adjacent to an activating group) is 1. The van der Waals surface area contributed by atoms with Crippen LogP contribution in [0, 0.1) is 0 Å². The Bertz CT molecular complexity index is 542. The number of hydrogen-bond acceptors (Lipinski definition) is 3. The van der Waals surface area contributed by atoms with Crippen LogP contribution in [-0.4, -0.2) is 31.2 Å². The van der Waals surface area contributed by atoms with Gasteiger partial charge in [0.15, 0.2) is 0 Å². The quantitative estimate of drug-likeness (QED) is 0.793. The lowest BCUT2D eigenvalue weighted by Gasteiger charge is -2.19. The van der Waals surface area contributed by atoms with E-state index < -0.39 is 11.7 Å². The Kier molecular flexibility index (Phi) is 7.32. The molecule has 0 radical (unpaired) electrons. The van der Waals surface area contributed by atoms with Gasteiger partial charge in [0.2, 0.25) is 5.91 Å². The number of ether oxygens (including phenoxy) is 1. The van der Waals surface area contributed by atoms with Gasteiger partial charge in [-0.15, -0.1) is 0 Å². The Morgan fingerprint density at radius 3 is 2.39 bits per heavy atom. The Hall–Kier alpha value is -2.30. The first-order valence-corrected chi connectivity index (χ1v) is 7.73. The Morgan fingerprint density at radius 2 is 1.83 bits per heavy atom. The van der Waals surface area contributed by atoms with Crippen molar-refractivity contribution in [3.8, 4) is 0 Å². The monoisotopic (exact) mass is 318 g/mol. The van der Waals surface area contributed by atoms with Crippen LogP contribution in [-0.2, 0) is 16.0 Å². The summed E-state index contributed by atoms with van der Waals surface area (Å²) in [5.41, 5.74) is 1.56. The van der Waals surface area contributed by atoms with Crippen molar-refractivity contribution >= 4 is 18.1 Å². The van der Waals surface area contributed by atoms with Crippen molar-refractivity contribution in [1.82, 2.24) is 10.6 Å². The molecule has 0 heterocycles. The molecule has 5 nitrogen and oxygen atoms in total. The van der Waals surface area contributed by atoms with Crippen LogP contribution in [0.15, 0.2) is 30.3 Å². The molecule has 0 aliphatic heterocycles. The van der Waals surface area contributed by atoms with Crippen molar-refractivity contribution < 1.29 is 14.3 Å². The van der Waals surface area contributed by atoms with E-state index in [9.17, 15) is 9.59 Å². The van der Waals surface area contributed by atoms with Gasteiger partial charge in [0.25, 0.3) is 0 Å². The fourth-order valence-electron chi connectivity index (χ4n) is 1.81. The van der Waals surface area contributed by atoms with E-state index in [2.05, 4.69) is 10.6 Å². The number of carbonyl (C=O) groups is 2. The van der Waals surface area contributed by atoms with Crippen molar-refractivity contribution in [1.29, 1.82) is 0 Å². The predicted octanol–water partition coefficient (Wildman–Crippen LogP) is 2.90. The van der Waals surface area contributed by atoms with Crippen LogP contribution in [0.3, 0.4) is 0 Å². The zero-order chi connectivity index (χ0) is 17.3. The second-order valence-electron chi connectivity index (χ2n) is 6.21. The van der Waals surface area contributed by atoms with E-state index in [-0.39, 0.29) is 5.91 Å². The number of carbonyl (C=O) groups excluding carboxylic acids is 2. The predicted molar refractivity (Wildman–Crippen MR) is 92.1 cm³/mol. The lowest BCUT2D eigenvalue weighted by molar-refractivity contribution is -0.119. The zero-order valence-electron chi connectivity index (χ0n) is 14.3. The average Bonchev–Trinajstić information content (AvgIpc) is 2.46. The summed E-state index contributed by atoms with van der Waals surface area (Å²) in [5, 5.41) is 5.31. The highest BCUT2D eigenvalue weighted by Crippen LogP contribution is 2.08. The smallest absolute Gasteiger partial charge is 0.407 e. The molecule has 0 aliphatic rings. The standard InChI is InChI=1S/C18H26N2O3/c1-18(2,3)23-17(22)20-12-6-5-7-14-8-10-15(11-9-14)13-16(21)19-4/h5,7-11H,6,12-13H2,1-4H3,(H,19,21)(H,20,22). The van der Waals surface area contributed by atoms with Gasteiger partial charge in [0, 0.05) is 13.6 Å². The molecule has 1 aromatic rings. The molecule has 1 aromatic carbocycles. The van der Waals surface area contributed by atoms with Gasteiger partial charge < -0.3 is 15.4 Å². The normalized spacial score (nSPS) is 11.3. The molecule has 0 unspecified atom stereocenters. The molecule has 126 valence electrons. The van der Waals surface area contributed by atoms with Crippen LogP contribution in [0.25, 0.3) is 6.08 Å². The van der Waals surface area contributed by atoms with Crippen molar-refractivity contribution in [2.75, 3.05) is 13.6 Å². The molecule has 0 saturated heterocycles. The highest BCUT2D eigenvalue weighted by molar-refractivity contribution is 5.78. The minimum atomic E-state index is -0.476. The summed E-state index contributed by atoms with van der Waals surface area (Å²) >= 11 is 0. The van der Waals surface area contributed by atoms with E-state index >= 15 is 0 Å². The number of hydrogen-bond donors (Lipinski definition) is 2. The lowest BCUT2D eigenvalue weighted by atomic mass is 10.1. The van der Waals surface area contributed by atoms with Gasteiger partial charge >= 0.3 is 6.09 Å². The van der Waals surface area contributed by atoms with Crippen molar-refractivity contribution in [3.05, 3.63) is 41.5 Å². The Morgan fingerprint density at radius 1 is 1.17 bits per heavy atom.